The highest BCUT2D eigenvalue weighted by molar-refractivity contribution is 5.79. The summed E-state index contributed by atoms with van der Waals surface area (Å²) in [5.74, 6) is 2.73. The predicted octanol–water partition coefficient (Wildman–Crippen LogP) is 4.46. The molecule has 2 aliphatic heterocycles. The molecule has 194 valence electrons. The number of hydrogen-bond donors (Lipinski definition) is 1. The first-order chi connectivity index (χ1) is 17.8. The van der Waals surface area contributed by atoms with Gasteiger partial charge in [0.15, 0.2) is 17.2 Å². The van der Waals surface area contributed by atoms with Crippen LogP contribution in [0.2, 0.25) is 0 Å². The highest BCUT2D eigenvalue weighted by Gasteiger charge is 2.34. The largest absolute Gasteiger partial charge is 0.487 e. The molecule has 0 spiro atoms. The third-order valence-electron chi connectivity index (χ3n) is 7.78. The maximum Gasteiger partial charge on any atom is 0.171 e. The van der Waals surface area contributed by atoms with Crippen LogP contribution in [0, 0.1) is 19.8 Å². The molecule has 9 nitrogen and oxygen atoms in total. The number of rotatable bonds is 5. The molecule has 4 aromatic rings. The van der Waals surface area contributed by atoms with Crippen LogP contribution >= 0.6 is 0 Å². The minimum absolute atomic E-state index is 0.255. The van der Waals surface area contributed by atoms with E-state index in [9.17, 15) is 0 Å². The van der Waals surface area contributed by atoms with Gasteiger partial charge in [-0.2, -0.15) is 10.2 Å². The first-order valence-electron chi connectivity index (χ1n) is 13.3. The van der Waals surface area contributed by atoms with Gasteiger partial charge in [-0.15, -0.1) is 0 Å². The summed E-state index contributed by atoms with van der Waals surface area (Å²) < 4.78 is 8.13. The highest BCUT2D eigenvalue weighted by Crippen LogP contribution is 2.41. The number of nitrogens with one attached hydrogen (secondary N) is 1. The number of piperazine rings is 1. The molecule has 6 heterocycles. The summed E-state index contributed by atoms with van der Waals surface area (Å²) in [5.41, 5.74) is 8.33. The lowest BCUT2D eigenvalue weighted by Gasteiger charge is -2.45. The van der Waals surface area contributed by atoms with Crippen LogP contribution in [0.3, 0.4) is 0 Å². The summed E-state index contributed by atoms with van der Waals surface area (Å²) >= 11 is 0. The number of H-pyrrole nitrogens is 1. The first kappa shape index (κ1) is 23.9. The van der Waals surface area contributed by atoms with Crippen molar-refractivity contribution in [2.75, 3.05) is 37.7 Å². The quantitative estimate of drug-likeness (QED) is 0.433. The molecule has 1 saturated heterocycles. The lowest BCUT2D eigenvalue weighted by Crippen LogP contribution is -2.57. The second kappa shape index (κ2) is 9.13. The molecule has 9 heteroatoms. The zero-order chi connectivity index (χ0) is 25.8. The van der Waals surface area contributed by atoms with Gasteiger partial charge >= 0.3 is 0 Å². The van der Waals surface area contributed by atoms with E-state index in [1.165, 1.54) is 11.1 Å². The Hall–Kier alpha value is -3.46. The average Bonchev–Trinajstić information content (AvgIpc) is 3.53. The third kappa shape index (κ3) is 4.05. The van der Waals surface area contributed by atoms with Gasteiger partial charge in [0, 0.05) is 55.3 Å². The second-order valence-electron chi connectivity index (χ2n) is 11.2. The normalized spacial score (nSPS) is 17.9. The lowest BCUT2D eigenvalue weighted by molar-refractivity contribution is 0.154. The third-order valence-corrected chi connectivity index (χ3v) is 7.78. The van der Waals surface area contributed by atoms with Gasteiger partial charge in [-0.05, 0) is 42.9 Å². The van der Waals surface area contributed by atoms with Gasteiger partial charge in [-0.1, -0.05) is 27.7 Å². The van der Waals surface area contributed by atoms with E-state index in [1.807, 2.05) is 16.9 Å². The Bertz CT molecular complexity index is 1450. The van der Waals surface area contributed by atoms with Gasteiger partial charge in [0.2, 0.25) is 0 Å². The van der Waals surface area contributed by atoms with E-state index in [0.29, 0.717) is 18.6 Å². The maximum atomic E-state index is 6.29. The molecule has 1 unspecified atom stereocenters. The molecule has 0 radical (unpaired) electrons. The predicted molar refractivity (Wildman–Crippen MR) is 145 cm³/mol. The van der Waals surface area contributed by atoms with E-state index in [-0.39, 0.29) is 5.92 Å². The van der Waals surface area contributed by atoms with E-state index in [2.05, 4.69) is 72.6 Å². The van der Waals surface area contributed by atoms with Crippen LogP contribution < -0.4 is 9.64 Å². The molecule has 1 atom stereocenters. The molecule has 0 bridgehead atoms. The molecule has 0 aromatic carbocycles. The zero-order valence-corrected chi connectivity index (χ0v) is 22.6. The van der Waals surface area contributed by atoms with Crippen molar-refractivity contribution in [2.24, 2.45) is 5.92 Å². The Kier molecular flexibility index (Phi) is 5.90. The molecule has 0 amide bonds. The van der Waals surface area contributed by atoms with Gasteiger partial charge in [-0.25, -0.2) is 14.5 Å². The first-order valence-corrected chi connectivity index (χ1v) is 13.3. The smallest absolute Gasteiger partial charge is 0.171 e. The van der Waals surface area contributed by atoms with Gasteiger partial charge < -0.3 is 9.64 Å². The van der Waals surface area contributed by atoms with Crippen molar-refractivity contribution in [2.45, 2.75) is 53.5 Å². The number of ether oxygens (including phenoxy) is 1. The number of hydrogen-bond acceptors (Lipinski definition) is 7. The summed E-state index contributed by atoms with van der Waals surface area (Å²) in [4.78, 5) is 14.3. The van der Waals surface area contributed by atoms with Crippen LogP contribution in [-0.2, 0) is 0 Å². The minimum Gasteiger partial charge on any atom is -0.487 e. The zero-order valence-electron chi connectivity index (χ0n) is 22.6. The standard InChI is InChI=1S/C28H36N8O/c1-16(2)11-34-7-8-35-21(12-34)14-37-23-9-20(10-29-28(23)35)25-24(17(3)4)26(33-32-25)22-13-36-27(30-15-31-36)19(6)18(22)5/h9-10,13,15-17,21H,7-8,11-12,14H2,1-6H3,(H,32,33). The topological polar surface area (TPSA) is 87.5 Å². The molecule has 0 saturated carbocycles. The van der Waals surface area contributed by atoms with Crippen molar-refractivity contribution >= 4 is 11.5 Å². The summed E-state index contributed by atoms with van der Waals surface area (Å²) in [6.45, 7) is 18.1. The van der Waals surface area contributed by atoms with Crippen molar-refractivity contribution in [3.05, 3.63) is 41.5 Å². The SMILES string of the molecule is Cc1c(-c2[nH]nc(-c3cnc4c(c3)OCC3CN(CC(C)C)CCN43)c2C(C)C)cn2ncnc2c1C. The Morgan fingerprint density at radius 3 is 2.73 bits per heavy atom. The monoisotopic (exact) mass is 500 g/mol. The Morgan fingerprint density at radius 1 is 1.11 bits per heavy atom. The summed E-state index contributed by atoms with van der Waals surface area (Å²) in [6.07, 6.45) is 5.59. The number of aryl methyl sites for hydroxylation is 1. The number of fused-ring (bicyclic) bond motifs is 4. The maximum absolute atomic E-state index is 6.29. The van der Waals surface area contributed by atoms with Gasteiger partial charge in [0.1, 0.15) is 12.9 Å². The van der Waals surface area contributed by atoms with Crippen LogP contribution in [0.5, 0.6) is 5.75 Å². The fourth-order valence-corrected chi connectivity index (χ4v) is 5.89. The van der Waals surface area contributed by atoms with Crippen LogP contribution in [0.1, 0.15) is 50.3 Å². The molecule has 37 heavy (non-hydrogen) atoms. The van der Waals surface area contributed by atoms with Crippen LogP contribution in [0.4, 0.5) is 5.82 Å². The lowest BCUT2D eigenvalue weighted by atomic mass is 9.92. The highest BCUT2D eigenvalue weighted by atomic mass is 16.5. The second-order valence-corrected chi connectivity index (χ2v) is 11.2. The number of nitrogens with zero attached hydrogens (tertiary/aromatic N) is 7. The van der Waals surface area contributed by atoms with Gasteiger partial charge in [-0.3, -0.25) is 10.00 Å². The number of aromatic amines is 1. The number of pyridine rings is 2. The Morgan fingerprint density at radius 2 is 1.95 bits per heavy atom. The van der Waals surface area contributed by atoms with Crippen molar-refractivity contribution in [1.82, 2.24) is 34.7 Å². The molecule has 2 aliphatic rings. The fraction of sp³-hybridized carbons (Fsp3) is 0.500. The minimum atomic E-state index is 0.255. The number of aromatic nitrogens is 6. The Balaban J connectivity index is 1.35. The van der Waals surface area contributed by atoms with E-state index in [1.54, 1.807) is 6.33 Å². The molecule has 0 aliphatic carbocycles. The van der Waals surface area contributed by atoms with Crippen molar-refractivity contribution < 1.29 is 4.74 Å². The van der Waals surface area contributed by atoms with Crippen LogP contribution in [-0.4, -0.2) is 73.5 Å². The van der Waals surface area contributed by atoms with Crippen molar-refractivity contribution in [3.63, 3.8) is 0 Å². The van der Waals surface area contributed by atoms with Crippen molar-refractivity contribution in [3.8, 4) is 28.3 Å². The summed E-state index contributed by atoms with van der Waals surface area (Å²) in [5, 5.41) is 12.5. The van der Waals surface area contributed by atoms with Crippen LogP contribution in [0.25, 0.3) is 28.2 Å². The molecular formula is C28H36N8O. The molecule has 6 rings (SSSR count). The van der Waals surface area contributed by atoms with E-state index < -0.39 is 0 Å². The fourth-order valence-electron chi connectivity index (χ4n) is 5.89. The molecule has 4 aromatic heterocycles. The van der Waals surface area contributed by atoms with E-state index >= 15 is 0 Å². The summed E-state index contributed by atoms with van der Waals surface area (Å²) in [7, 11) is 0. The van der Waals surface area contributed by atoms with Crippen molar-refractivity contribution in [1.29, 1.82) is 0 Å². The van der Waals surface area contributed by atoms with Crippen LogP contribution in [0.15, 0.2) is 24.8 Å². The number of anilines is 1. The molecule has 1 fully saturated rings. The average molecular weight is 501 g/mol. The van der Waals surface area contributed by atoms with Gasteiger partial charge in [0.25, 0.3) is 0 Å². The molecule has 1 N–H and O–H groups in total. The van der Waals surface area contributed by atoms with E-state index in [0.717, 1.165) is 71.5 Å². The Labute approximate surface area is 217 Å². The molecular weight excluding hydrogens is 464 g/mol. The summed E-state index contributed by atoms with van der Waals surface area (Å²) in [6, 6.07) is 2.46. The van der Waals surface area contributed by atoms with Gasteiger partial charge in [0.05, 0.1) is 17.4 Å². The van der Waals surface area contributed by atoms with E-state index in [4.69, 9.17) is 14.8 Å².